The zero-order chi connectivity index (χ0) is 7.82. The normalized spacial score (nSPS) is 9.40. The molecule has 0 aromatic carbocycles. The molecule has 10 heavy (non-hydrogen) atoms. The molecule has 0 fully saturated rings. The summed E-state index contributed by atoms with van der Waals surface area (Å²) < 4.78 is 0. The Morgan fingerprint density at radius 2 is 2.30 bits per heavy atom. The van der Waals surface area contributed by atoms with Gasteiger partial charge in [0.1, 0.15) is 0 Å². The van der Waals surface area contributed by atoms with Crippen LogP contribution in [0.4, 0.5) is 0 Å². The van der Waals surface area contributed by atoms with Crippen LogP contribution in [0.3, 0.4) is 0 Å². The second-order valence-corrected chi connectivity index (χ2v) is 2.29. The summed E-state index contributed by atoms with van der Waals surface area (Å²) in [5, 5.41) is 3.19. The fourth-order valence-corrected chi connectivity index (χ4v) is 0.683. The first-order valence-corrected chi connectivity index (χ1v) is 3.67. The van der Waals surface area contributed by atoms with E-state index >= 15 is 0 Å². The van der Waals surface area contributed by atoms with Crippen molar-refractivity contribution < 1.29 is 4.79 Å². The van der Waals surface area contributed by atoms with Crippen molar-refractivity contribution in [3.05, 3.63) is 0 Å². The molecule has 0 heterocycles. The molecule has 0 saturated heterocycles. The lowest BCUT2D eigenvalue weighted by Gasteiger charge is -2.09. The van der Waals surface area contributed by atoms with Crippen molar-refractivity contribution in [2.45, 2.75) is 13.3 Å². The Bertz CT molecular complexity index is 85.7. The van der Waals surface area contributed by atoms with Crippen LogP contribution in [-0.2, 0) is 4.79 Å². The topological polar surface area (TPSA) is 32.3 Å². The second-order valence-electron chi connectivity index (χ2n) is 2.29. The number of rotatable bonds is 6. The van der Waals surface area contributed by atoms with Gasteiger partial charge in [0.25, 0.3) is 0 Å². The van der Waals surface area contributed by atoms with E-state index in [0.29, 0.717) is 0 Å². The average molecular weight is 144 g/mol. The number of carbonyl (C=O) groups is 1. The minimum Gasteiger partial charge on any atom is -0.348 e. The number of carbonyl (C=O) groups excluding carboxylic acids is 1. The molecule has 0 aromatic heterocycles. The molecule has 0 aliphatic rings. The minimum atomic E-state index is 0.844. The van der Waals surface area contributed by atoms with Crippen molar-refractivity contribution in [2.75, 3.05) is 26.7 Å². The first-order valence-electron chi connectivity index (χ1n) is 3.67. The molecule has 1 amide bonds. The van der Waals surface area contributed by atoms with Gasteiger partial charge in [-0.15, -0.1) is 0 Å². The molecule has 0 unspecified atom stereocenters. The van der Waals surface area contributed by atoms with Gasteiger partial charge in [0.05, 0.1) is 0 Å². The van der Waals surface area contributed by atoms with E-state index in [0.717, 1.165) is 32.5 Å². The highest BCUT2D eigenvalue weighted by Gasteiger charge is 1.90. The molecule has 3 heteroatoms. The Labute approximate surface area is 62.4 Å². The lowest BCUT2D eigenvalue weighted by Crippen LogP contribution is -2.22. The molecule has 1 N–H and O–H groups in total. The van der Waals surface area contributed by atoms with Crippen LogP contribution >= 0.6 is 0 Å². The van der Waals surface area contributed by atoms with Crippen LogP contribution in [0.15, 0.2) is 0 Å². The predicted molar refractivity (Wildman–Crippen MR) is 41.9 cm³/mol. The van der Waals surface area contributed by atoms with Crippen molar-refractivity contribution >= 4 is 6.41 Å². The van der Waals surface area contributed by atoms with E-state index in [9.17, 15) is 4.79 Å². The summed E-state index contributed by atoms with van der Waals surface area (Å²) in [6, 6.07) is 0. The monoisotopic (exact) mass is 144 g/mol. The van der Waals surface area contributed by atoms with Gasteiger partial charge in [-0.1, -0.05) is 6.92 Å². The van der Waals surface area contributed by atoms with Crippen LogP contribution in [0.2, 0.25) is 0 Å². The van der Waals surface area contributed by atoms with E-state index in [2.05, 4.69) is 12.2 Å². The van der Waals surface area contributed by atoms with Crippen molar-refractivity contribution in [2.24, 2.45) is 0 Å². The highest BCUT2D eigenvalue weighted by Crippen LogP contribution is 1.80. The van der Waals surface area contributed by atoms with E-state index in [-0.39, 0.29) is 0 Å². The van der Waals surface area contributed by atoms with E-state index in [4.69, 9.17) is 0 Å². The van der Waals surface area contributed by atoms with Crippen LogP contribution in [0.1, 0.15) is 13.3 Å². The standard InChI is InChI=1S/C7H16N2O/c1-3-8-5-4-6-9(2)7-10/h7-8H,3-6H2,1-2H3. The Morgan fingerprint density at radius 1 is 1.60 bits per heavy atom. The fraction of sp³-hybridized carbons (Fsp3) is 0.857. The molecule has 3 nitrogen and oxygen atoms in total. The molecule has 0 rings (SSSR count). The van der Waals surface area contributed by atoms with Gasteiger partial charge in [-0.3, -0.25) is 4.79 Å². The van der Waals surface area contributed by atoms with Gasteiger partial charge >= 0.3 is 0 Å². The van der Waals surface area contributed by atoms with Crippen LogP contribution in [-0.4, -0.2) is 38.0 Å². The summed E-state index contributed by atoms with van der Waals surface area (Å²) in [5.74, 6) is 0. The van der Waals surface area contributed by atoms with E-state index < -0.39 is 0 Å². The van der Waals surface area contributed by atoms with Crippen LogP contribution in [0, 0.1) is 0 Å². The highest BCUT2D eigenvalue weighted by molar-refractivity contribution is 5.46. The molecule has 0 radical (unpaired) electrons. The summed E-state index contributed by atoms with van der Waals surface area (Å²) in [7, 11) is 1.79. The van der Waals surface area contributed by atoms with E-state index in [1.165, 1.54) is 0 Å². The van der Waals surface area contributed by atoms with Gasteiger partial charge in [-0.2, -0.15) is 0 Å². The lowest BCUT2D eigenvalue weighted by molar-refractivity contribution is -0.117. The maximum Gasteiger partial charge on any atom is 0.209 e. The average Bonchev–Trinajstić information content (AvgIpc) is 1.98. The number of hydrogen-bond acceptors (Lipinski definition) is 2. The first kappa shape index (κ1) is 9.43. The fourth-order valence-electron chi connectivity index (χ4n) is 0.683. The Balaban J connectivity index is 2.95. The third-order valence-corrected chi connectivity index (χ3v) is 1.29. The van der Waals surface area contributed by atoms with Crippen molar-refractivity contribution in [3.63, 3.8) is 0 Å². The predicted octanol–water partition coefficient (Wildman–Crippen LogP) is 0.0742. The number of nitrogens with zero attached hydrogens (tertiary/aromatic N) is 1. The number of nitrogens with one attached hydrogen (secondary N) is 1. The van der Waals surface area contributed by atoms with Gasteiger partial charge in [0, 0.05) is 13.6 Å². The third-order valence-electron chi connectivity index (χ3n) is 1.29. The van der Waals surface area contributed by atoms with E-state index in [1.54, 1.807) is 11.9 Å². The Hall–Kier alpha value is -0.570. The molecular formula is C7H16N2O. The van der Waals surface area contributed by atoms with Crippen LogP contribution in [0.25, 0.3) is 0 Å². The summed E-state index contributed by atoms with van der Waals surface area (Å²) in [5.41, 5.74) is 0. The molecule has 60 valence electrons. The molecule has 0 atom stereocenters. The largest absolute Gasteiger partial charge is 0.348 e. The first-order chi connectivity index (χ1) is 4.81. The Kier molecular flexibility index (Phi) is 6.18. The summed E-state index contributed by atoms with van der Waals surface area (Å²) >= 11 is 0. The van der Waals surface area contributed by atoms with Crippen molar-refractivity contribution in [1.82, 2.24) is 10.2 Å². The molecule has 0 spiro atoms. The zero-order valence-corrected chi connectivity index (χ0v) is 6.76. The molecule has 0 bridgehead atoms. The SMILES string of the molecule is CCNCCCN(C)C=O. The van der Waals surface area contributed by atoms with Crippen LogP contribution in [0.5, 0.6) is 0 Å². The maximum absolute atomic E-state index is 10.1. The zero-order valence-electron chi connectivity index (χ0n) is 6.76. The van der Waals surface area contributed by atoms with Gasteiger partial charge in [-0.25, -0.2) is 0 Å². The quantitative estimate of drug-likeness (QED) is 0.423. The van der Waals surface area contributed by atoms with Gasteiger partial charge in [-0.05, 0) is 19.5 Å². The van der Waals surface area contributed by atoms with Crippen molar-refractivity contribution in [3.8, 4) is 0 Å². The Morgan fingerprint density at radius 3 is 2.80 bits per heavy atom. The summed E-state index contributed by atoms with van der Waals surface area (Å²) in [4.78, 5) is 11.7. The van der Waals surface area contributed by atoms with Crippen molar-refractivity contribution in [1.29, 1.82) is 0 Å². The summed E-state index contributed by atoms with van der Waals surface area (Å²) in [6.45, 7) is 4.92. The minimum absolute atomic E-state index is 0.844. The highest BCUT2D eigenvalue weighted by atomic mass is 16.1. The maximum atomic E-state index is 10.1. The smallest absolute Gasteiger partial charge is 0.209 e. The second kappa shape index (κ2) is 6.55. The van der Waals surface area contributed by atoms with E-state index in [1.807, 2.05) is 0 Å². The molecule has 0 aliphatic heterocycles. The number of hydrogen-bond donors (Lipinski definition) is 1. The molecule has 0 saturated carbocycles. The lowest BCUT2D eigenvalue weighted by atomic mass is 10.4. The van der Waals surface area contributed by atoms with Gasteiger partial charge in [0.15, 0.2) is 0 Å². The third kappa shape index (κ3) is 5.56. The molecular weight excluding hydrogens is 128 g/mol. The number of amides is 1. The van der Waals surface area contributed by atoms with Gasteiger partial charge < -0.3 is 10.2 Å². The molecule has 0 aromatic rings. The molecule has 0 aliphatic carbocycles. The van der Waals surface area contributed by atoms with Crippen LogP contribution < -0.4 is 5.32 Å². The summed E-state index contributed by atoms with van der Waals surface area (Å²) in [6.07, 6.45) is 1.88. The van der Waals surface area contributed by atoms with Gasteiger partial charge in [0.2, 0.25) is 6.41 Å².